The van der Waals surface area contributed by atoms with Crippen LogP contribution in [0.1, 0.15) is 24.8 Å². The van der Waals surface area contributed by atoms with Gasteiger partial charge in [0.1, 0.15) is 5.78 Å². The minimum Gasteiger partial charge on any atom is -0.374 e. The molecule has 0 aliphatic carbocycles. The molecule has 2 aliphatic heterocycles. The van der Waals surface area contributed by atoms with Crippen molar-refractivity contribution >= 4 is 29.1 Å². The number of ketones is 1. The van der Waals surface area contributed by atoms with E-state index in [0.29, 0.717) is 17.2 Å². The monoisotopic (exact) mass is 310 g/mol. The Kier molecular flexibility index (Phi) is 4.39. The number of thioether (sulfide) groups is 1. The fraction of sp³-hybridized carbons (Fsp3) is 0.562. The summed E-state index contributed by atoms with van der Waals surface area (Å²) in [6.45, 7) is 0.722. The molecule has 2 fully saturated rings. The summed E-state index contributed by atoms with van der Waals surface area (Å²) in [6, 6.07) is 7.63. The Hall–Kier alpha value is -0.510. The Labute approximate surface area is 129 Å². The standard InChI is InChI=1S/C16H19ClO2S/c17-14-4-2-1-3-12(14)9-15(18)13-5-7-19-16(10-13)6-8-20-11-16/h1-4,13H,5-11H2. The van der Waals surface area contributed by atoms with Gasteiger partial charge in [0.2, 0.25) is 0 Å². The average molecular weight is 311 g/mol. The summed E-state index contributed by atoms with van der Waals surface area (Å²) in [4.78, 5) is 12.5. The van der Waals surface area contributed by atoms with Gasteiger partial charge >= 0.3 is 0 Å². The zero-order chi connectivity index (χ0) is 14.0. The van der Waals surface area contributed by atoms with Crippen LogP contribution < -0.4 is 0 Å². The van der Waals surface area contributed by atoms with Crippen molar-refractivity contribution in [1.82, 2.24) is 0 Å². The van der Waals surface area contributed by atoms with E-state index in [0.717, 1.165) is 42.9 Å². The highest BCUT2D eigenvalue weighted by molar-refractivity contribution is 7.99. The summed E-state index contributed by atoms with van der Waals surface area (Å²) in [6.07, 6.45) is 3.29. The van der Waals surface area contributed by atoms with Crippen molar-refractivity contribution in [2.24, 2.45) is 5.92 Å². The first-order valence-corrected chi connectivity index (χ1v) is 8.70. The summed E-state index contributed by atoms with van der Waals surface area (Å²) in [5.41, 5.74) is 0.921. The molecule has 1 aromatic carbocycles. The molecule has 4 heteroatoms. The highest BCUT2D eigenvalue weighted by Gasteiger charge is 2.42. The zero-order valence-electron chi connectivity index (χ0n) is 11.4. The molecule has 1 spiro atoms. The fourth-order valence-electron chi connectivity index (χ4n) is 3.14. The Morgan fingerprint density at radius 2 is 2.30 bits per heavy atom. The van der Waals surface area contributed by atoms with Crippen LogP contribution in [-0.2, 0) is 16.0 Å². The quantitative estimate of drug-likeness (QED) is 0.850. The lowest BCUT2D eigenvalue weighted by Crippen LogP contribution is -2.42. The lowest BCUT2D eigenvalue weighted by atomic mass is 9.81. The molecule has 0 radical (unpaired) electrons. The first kappa shape index (κ1) is 14.4. The molecule has 1 aromatic rings. The Morgan fingerprint density at radius 3 is 3.05 bits per heavy atom. The lowest BCUT2D eigenvalue weighted by molar-refractivity contribution is -0.133. The molecule has 108 valence electrons. The van der Waals surface area contributed by atoms with Crippen molar-refractivity contribution in [2.75, 3.05) is 18.1 Å². The van der Waals surface area contributed by atoms with Gasteiger partial charge in [0.15, 0.2) is 0 Å². The number of ether oxygens (including phenoxy) is 1. The molecule has 2 aliphatic rings. The number of carbonyl (C=O) groups is 1. The second-order valence-corrected chi connectivity index (χ2v) is 7.27. The van der Waals surface area contributed by atoms with Crippen molar-refractivity contribution in [3.63, 3.8) is 0 Å². The van der Waals surface area contributed by atoms with E-state index < -0.39 is 0 Å². The number of carbonyl (C=O) groups excluding carboxylic acids is 1. The van der Waals surface area contributed by atoms with Crippen molar-refractivity contribution in [3.8, 4) is 0 Å². The third-order valence-electron chi connectivity index (χ3n) is 4.34. The van der Waals surface area contributed by atoms with Gasteiger partial charge in [0.25, 0.3) is 0 Å². The van der Waals surface area contributed by atoms with Gasteiger partial charge in [-0.05, 0) is 36.6 Å². The second kappa shape index (κ2) is 6.08. The number of halogens is 1. The summed E-state index contributed by atoms with van der Waals surface area (Å²) >= 11 is 8.09. The average Bonchev–Trinajstić information content (AvgIpc) is 2.89. The predicted octanol–water partition coefficient (Wildman–Crippen LogP) is 3.75. The number of rotatable bonds is 3. The maximum atomic E-state index is 12.5. The number of hydrogen-bond acceptors (Lipinski definition) is 3. The van der Waals surface area contributed by atoms with Crippen LogP contribution in [0.25, 0.3) is 0 Å². The van der Waals surface area contributed by atoms with Gasteiger partial charge in [-0.2, -0.15) is 11.8 Å². The number of Topliss-reactive ketones (excluding diaryl/α,β-unsaturated/α-hetero) is 1. The van der Waals surface area contributed by atoms with E-state index in [1.54, 1.807) is 0 Å². The molecule has 2 heterocycles. The molecule has 2 nitrogen and oxygen atoms in total. The molecular formula is C16H19ClO2S. The van der Waals surface area contributed by atoms with Crippen LogP contribution >= 0.6 is 23.4 Å². The molecule has 2 unspecified atom stereocenters. The maximum absolute atomic E-state index is 12.5. The summed E-state index contributed by atoms with van der Waals surface area (Å²) in [5.74, 6) is 2.66. The molecule has 0 aromatic heterocycles. The largest absolute Gasteiger partial charge is 0.374 e. The second-order valence-electron chi connectivity index (χ2n) is 5.76. The van der Waals surface area contributed by atoms with Gasteiger partial charge < -0.3 is 4.74 Å². The van der Waals surface area contributed by atoms with Crippen LogP contribution in [-0.4, -0.2) is 29.5 Å². The van der Waals surface area contributed by atoms with Crippen LogP contribution in [0.5, 0.6) is 0 Å². The number of benzene rings is 1. The van der Waals surface area contributed by atoms with E-state index in [1.807, 2.05) is 36.0 Å². The Balaban J connectivity index is 1.66. The van der Waals surface area contributed by atoms with Gasteiger partial charge in [-0.25, -0.2) is 0 Å². The first-order valence-electron chi connectivity index (χ1n) is 7.16. The molecule has 2 saturated heterocycles. The van der Waals surface area contributed by atoms with Crippen LogP contribution in [0.2, 0.25) is 5.02 Å². The van der Waals surface area contributed by atoms with Gasteiger partial charge in [-0.1, -0.05) is 29.8 Å². The summed E-state index contributed by atoms with van der Waals surface area (Å²) < 4.78 is 5.98. The predicted molar refractivity (Wildman–Crippen MR) is 83.5 cm³/mol. The normalized spacial score (nSPS) is 29.8. The lowest BCUT2D eigenvalue weighted by Gasteiger charge is -2.37. The Bertz CT molecular complexity index is 497. The first-order chi connectivity index (χ1) is 9.69. The van der Waals surface area contributed by atoms with E-state index in [9.17, 15) is 4.79 Å². The SMILES string of the molecule is O=C(Cc1ccccc1Cl)C1CCOC2(CCSC2)C1. The highest BCUT2D eigenvalue weighted by atomic mass is 35.5. The molecule has 0 amide bonds. The van der Waals surface area contributed by atoms with Gasteiger partial charge in [0.05, 0.1) is 5.60 Å². The third kappa shape index (κ3) is 3.05. The van der Waals surface area contributed by atoms with Crippen LogP contribution in [0.4, 0.5) is 0 Å². The zero-order valence-corrected chi connectivity index (χ0v) is 13.0. The van der Waals surface area contributed by atoms with Crippen molar-refractivity contribution in [2.45, 2.75) is 31.3 Å². The van der Waals surface area contributed by atoms with E-state index in [4.69, 9.17) is 16.3 Å². The smallest absolute Gasteiger partial charge is 0.140 e. The summed E-state index contributed by atoms with van der Waals surface area (Å²) in [5, 5.41) is 0.694. The van der Waals surface area contributed by atoms with Crippen molar-refractivity contribution < 1.29 is 9.53 Å². The van der Waals surface area contributed by atoms with Crippen molar-refractivity contribution in [3.05, 3.63) is 34.9 Å². The minimum absolute atomic E-state index is 0.0241. The van der Waals surface area contributed by atoms with Gasteiger partial charge in [-0.15, -0.1) is 0 Å². The topological polar surface area (TPSA) is 26.3 Å². The highest BCUT2D eigenvalue weighted by Crippen LogP contribution is 2.40. The van der Waals surface area contributed by atoms with E-state index in [-0.39, 0.29) is 11.5 Å². The van der Waals surface area contributed by atoms with Crippen molar-refractivity contribution in [1.29, 1.82) is 0 Å². The molecule has 2 atom stereocenters. The van der Waals surface area contributed by atoms with E-state index in [1.165, 1.54) is 0 Å². The Morgan fingerprint density at radius 1 is 1.45 bits per heavy atom. The molecular weight excluding hydrogens is 292 g/mol. The molecule has 0 bridgehead atoms. The maximum Gasteiger partial charge on any atom is 0.140 e. The summed E-state index contributed by atoms with van der Waals surface area (Å²) in [7, 11) is 0. The van der Waals surface area contributed by atoms with Gasteiger partial charge in [-0.3, -0.25) is 4.79 Å². The van der Waals surface area contributed by atoms with E-state index in [2.05, 4.69) is 0 Å². The number of hydrogen-bond donors (Lipinski definition) is 0. The minimum atomic E-state index is -0.0241. The molecule has 0 saturated carbocycles. The van der Waals surface area contributed by atoms with Crippen LogP contribution in [0.3, 0.4) is 0 Å². The van der Waals surface area contributed by atoms with Gasteiger partial charge in [0, 0.05) is 29.7 Å². The van der Waals surface area contributed by atoms with E-state index >= 15 is 0 Å². The van der Waals surface area contributed by atoms with Crippen LogP contribution in [0, 0.1) is 5.92 Å². The fourth-order valence-corrected chi connectivity index (χ4v) is 4.72. The molecule has 3 rings (SSSR count). The van der Waals surface area contributed by atoms with Crippen LogP contribution in [0.15, 0.2) is 24.3 Å². The molecule has 20 heavy (non-hydrogen) atoms. The molecule has 0 N–H and O–H groups in total. The third-order valence-corrected chi connectivity index (χ3v) is 5.93.